The van der Waals surface area contributed by atoms with E-state index < -0.39 is 17.5 Å². The van der Waals surface area contributed by atoms with E-state index in [4.69, 9.17) is 0 Å². The summed E-state index contributed by atoms with van der Waals surface area (Å²) in [6.45, 7) is 0. The maximum absolute atomic E-state index is 13.5. The van der Waals surface area contributed by atoms with E-state index in [0.29, 0.717) is 5.69 Å². The van der Waals surface area contributed by atoms with Gasteiger partial charge >= 0.3 is 0 Å². The van der Waals surface area contributed by atoms with E-state index in [0.717, 1.165) is 11.0 Å². The quantitative estimate of drug-likeness (QED) is 0.862. The molecule has 0 aliphatic carbocycles. The van der Waals surface area contributed by atoms with Crippen LogP contribution in [-0.4, -0.2) is 12.2 Å². The van der Waals surface area contributed by atoms with E-state index in [-0.39, 0.29) is 5.56 Å². The van der Waals surface area contributed by atoms with Crippen molar-refractivity contribution in [1.29, 1.82) is 0 Å². The highest BCUT2D eigenvalue weighted by Crippen LogP contribution is 2.25. The molecule has 0 spiro atoms. The van der Waals surface area contributed by atoms with Crippen LogP contribution in [0.4, 0.5) is 14.5 Å². The molecule has 1 amide bonds. The minimum absolute atomic E-state index is 0.309. The maximum atomic E-state index is 13.5. The van der Waals surface area contributed by atoms with E-state index in [1.54, 1.807) is 12.1 Å². The van der Waals surface area contributed by atoms with Crippen LogP contribution in [0.1, 0.15) is 10.4 Å². The molecule has 2 nitrogen and oxygen atoms in total. The van der Waals surface area contributed by atoms with Gasteiger partial charge in [-0.1, -0.05) is 18.2 Å². The average Bonchev–Trinajstić information content (AvgIpc) is 2.42. The van der Waals surface area contributed by atoms with Crippen LogP contribution in [-0.2, 0) is 0 Å². The van der Waals surface area contributed by atoms with Gasteiger partial charge in [0.05, 0.1) is 11.3 Å². The van der Waals surface area contributed by atoms with E-state index >= 15 is 0 Å². The molecule has 0 saturated heterocycles. The van der Waals surface area contributed by atoms with Crippen molar-refractivity contribution in [2.75, 3.05) is 11.6 Å². The molecule has 0 aromatic heterocycles. The number of anilines is 1. The summed E-state index contributed by atoms with van der Waals surface area (Å²) in [6, 6.07) is 10.7. The normalized spacial score (nSPS) is 10.3. The zero-order valence-electron chi connectivity index (χ0n) is 10.1. The highest BCUT2D eigenvalue weighted by molar-refractivity contribution is 7.98. The summed E-state index contributed by atoms with van der Waals surface area (Å²) in [5, 5.41) is 2.58. The van der Waals surface area contributed by atoms with Crippen molar-refractivity contribution in [3.63, 3.8) is 0 Å². The molecule has 98 valence electrons. The summed E-state index contributed by atoms with van der Waals surface area (Å²) < 4.78 is 26.6. The number of thioether (sulfide) groups is 1. The zero-order valence-corrected chi connectivity index (χ0v) is 10.9. The van der Waals surface area contributed by atoms with Crippen molar-refractivity contribution in [2.24, 2.45) is 0 Å². The SMILES string of the molecule is CSc1ccccc1NC(=O)c1cccc(F)c1F. The fourth-order valence-electron chi connectivity index (χ4n) is 1.62. The lowest BCUT2D eigenvalue weighted by molar-refractivity contribution is 0.102. The number of rotatable bonds is 3. The largest absolute Gasteiger partial charge is 0.321 e. The summed E-state index contributed by atoms with van der Waals surface area (Å²) in [5.41, 5.74) is 0.263. The van der Waals surface area contributed by atoms with Gasteiger partial charge in [-0.2, -0.15) is 0 Å². The molecule has 0 atom stereocenters. The van der Waals surface area contributed by atoms with E-state index in [1.807, 2.05) is 18.4 Å². The molecule has 19 heavy (non-hydrogen) atoms. The Balaban J connectivity index is 2.28. The van der Waals surface area contributed by atoms with Gasteiger partial charge < -0.3 is 5.32 Å². The molecule has 0 aliphatic rings. The van der Waals surface area contributed by atoms with Crippen LogP contribution in [0.15, 0.2) is 47.4 Å². The highest BCUT2D eigenvalue weighted by Gasteiger charge is 2.15. The van der Waals surface area contributed by atoms with Crippen molar-refractivity contribution >= 4 is 23.4 Å². The molecule has 0 unspecified atom stereocenters. The fraction of sp³-hybridized carbons (Fsp3) is 0.0714. The topological polar surface area (TPSA) is 29.1 Å². The van der Waals surface area contributed by atoms with Crippen LogP contribution in [0.25, 0.3) is 0 Å². The second-order valence-corrected chi connectivity index (χ2v) is 4.60. The van der Waals surface area contributed by atoms with Gasteiger partial charge in [-0.25, -0.2) is 8.78 Å². The first-order chi connectivity index (χ1) is 9.13. The number of amides is 1. The highest BCUT2D eigenvalue weighted by atomic mass is 32.2. The van der Waals surface area contributed by atoms with Crippen molar-refractivity contribution in [1.82, 2.24) is 0 Å². The lowest BCUT2D eigenvalue weighted by atomic mass is 10.2. The van der Waals surface area contributed by atoms with Crippen molar-refractivity contribution < 1.29 is 13.6 Å². The first-order valence-corrected chi connectivity index (χ1v) is 6.74. The van der Waals surface area contributed by atoms with Crippen molar-refractivity contribution in [2.45, 2.75) is 4.90 Å². The van der Waals surface area contributed by atoms with Crippen molar-refractivity contribution in [3.8, 4) is 0 Å². The summed E-state index contributed by atoms with van der Waals surface area (Å²) >= 11 is 1.46. The van der Waals surface area contributed by atoms with Gasteiger partial charge in [0.1, 0.15) is 0 Å². The molecule has 0 saturated carbocycles. The van der Waals surface area contributed by atoms with Crippen LogP contribution >= 0.6 is 11.8 Å². The number of halogens is 2. The Morgan fingerprint density at radius 3 is 2.58 bits per heavy atom. The molecule has 0 radical (unpaired) electrons. The van der Waals surface area contributed by atoms with Gasteiger partial charge in [-0.05, 0) is 30.5 Å². The van der Waals surface area contributed by atoms with Crippen LogP contribution in [0.5, 0.6) is 0 Å². The van der Waals surface area contributed by atoms with Crippen LogP contribution in [0.2, 0.25) is 0 Å². The average molecular weight is 279 g/mol. The fourth-order valence-corrected chi connectivity index (χ4v) is 2.17. The number of carbonyl (C=O) groups is 1. The number of para-hydroxylation sites is 1. The molecule has 2 aromatic rings. The number of hydrogen-bond donors (Lipinski definition) is 1. The van der Waals surface area contributed by atoms with Crippen LogP contribution < -0.4 is 5.32 Å². The summed E-state index contributed by atoms with van der Waals surface area (Å²) in [7, 11) is 0. The van der Waals surface area contributed by atoms with Gasteiger partial charge in [0, 0.05) is 4.90 Å². The Morgan fingerprint density at radius 2 is 1.84 bits per heavy atom. The van der Waals surface area contributed by atoms with Gasteiger partial charge in [0.15, 0.2) is 11.6 Å². The summed E-state index contributed by atoms with van der Waals surface area (Å²) in [5.74, 6) is -2.84. The molecule has 5 heteroatoms. The maximum Gasteiger partial charge on any atom is 0.258 e. The lowest BCUT2D eigenvalue weighted by Crippen LogP contribution is -2.15. The Morgan fingerprint density at radius 1 is 1.11 bits per heavy atom. The summed E-state index contributed by atoms with van der Waals surface area (Å²) in [4.78, 5) is 12.8. The molecular formula is C14H11F2NOS. The first kappa shape index (κ1) is 13.5. The number of hydrogen-bond acceptors (Lipinski definition) is 2. The van der Waals surface area contributed by atoms with Crippen molar-refractivity contribution in [3.05, 3.63) is 59.7 Å². The van der Waals surface area contributed by atoms with Gasteiger partial charge in [0.2, 0.25) is 0 Å². The number of carbonyl (C=O) groups excluding carboxylic acids is 1. The predicted octanol–water partition coefficient (Wildman–Crippen LogP) is 3.94. The lowest BCUT2D eigenvalue weighted by Gasteiger charge is -2.09. The van der Waals surface area contributed by atoms with E-state index in [2.05, 4.69) is 5.32 Å². The third-order valence-corrected chi connectivity index (χ3v) is 3.35. The molecule has 0 fully saturated rings. The third kappa shape index (κ3) is 2.93. The molecular weight excluding hydrogens is 268 g/mol. The molecule has 1 N–H and O–H groups in total. The van der Waals surface area contributed by atoms with Crippen LogP contribution in [0.3, 0.4) is 0 Å². The Kier molecular flexibility index (Phi) is 4.16. The molecule has 0 aliphatic heterocycles. The van der Waals surface area contributed by atoms with Gasteiger partial charge in [-0.3, -0.25) is 4.79 Å². The second-order valence-electron chi connectivity index (χ2n) is 3.76. The third-order valence-electron chi connectivity index (χ3n) is 2.55. The molecule has 2 rings (SSSR count). The Hall–Kier alpha value is -1.88. The standard InChI is InChI=1S/C14H11F2NOS/c1-19-12-8-3-2-7-11(12)17-14(18)9-5-4-6-10(15)13(9)16/h2-8H,1H3,(H,17,18). The van der Waals surface area contributed by atoms with E-state index in [1.165, 1.54) is 23.9 Å². The number of benzene rings is 2. The second kappa shape index (κ2) is 5.84. The predicted molar refractivity (Wildman–Crippen MR) is 72.5 cm³/mol. The Labute approximate surface area is 113 Å². The van der Waals surface area contributed by atoms with Gasteiger partial charge in [0.25, 0.3) is 5.91 Å². The Bertz CT molecular complexity index is 616. The zero-order chi connectivity index (χ0) is 13.8. The molecule has 2 aromatic carbocycles. The van der Waals surface area contributed by atoms with Gasteiger partial charge in [-0.15, -0.1) is 11.8 Å². The molecule has 0 bridgehead atoms. The number of nitrogens with one attached hydrogen (secondary N) is 1. The minimum Gasteiger partial charge on any atom is -0.321 e. The smallest absolute Gasteiger partial charge is 0.258 e. The van der Waals surface area contributed by atoms with E-state index in [9.17, 15) is 13.6 Å². The monoisotopic (exact) mass is 279 g/mol. The first-order valence-electron chi connectivity index (χ1n) is 5.52. The minimum atomic E-state index is -1.14. The van der Waals surface area contributed by atoms with Crippen LogP contribution in [0, 0.1) is 11.6 Å². The summed E-state index contributed by atoms with van der Waals surface area (Å²) in [6.07, 6.45) is 1.87. The molecule has 0 heterocycles.